The second-order valence-electron chi connectivity index (χ2n) is 6.06. The lowest BCUT2D eigenvalue weighted by molar-refractivity contribution is -0.121. The number of aryl methyl sites for hydroxylation is 1. The van der Waals surface area contributed by atoms with E-state index in [-0.39, 0.29) is 23.5 Å². The van der Waals surface area contributed by atoms with Crippen LogP contribution >= 0.6 is 0 Å². The highest BCUT2D eigenvalue weighted by atomic mass is 32.2. The molecule has 0 radical (unpaired) electrons. The van der Waals surface area contributed by atoms with Gasteiger partial charge in [-0.2, -0.15) is 4.31 Å². The number of rotatable bonds is 8. The van der Waals surface area contributed by atoms with Crippen molar-refractivity contribution in [1.29, 1.82) is 0 Å². The van der Waals surface area contributed by atoms with Crippen LogP contribution in [0.3, 0.4) is 0 Å². The van der Waals surface area contributed by atoms with Crippen molar-refractivity contribution in [2.24, 2.45) is 0 Å². The van der Waals surface area contributed by atoms with Crippen LogP contribution in [-0.4, -0.2) is 58.1 Å². The van der Waals surface area contributed by atoms with Crippen molar-refractivity contribution in [2.45, 2.75) is 37.7 Å². The average Bonchev–Trinajstić information content (AvgIpc) is 3.08. The van der Waals surface area contributed by atoms with Crippen LogP contribution in [0.15, 0.2) is 23.1 Å². The Kier molecular flexibility index (Phi) is 6.80. The number of sulfonamides is 1. The van der Waals surface area contributed by atoms with Crippen LogP contribution in [-0.2, 0) is 19.6 Å². The van der Waals surface area contributed by atoms with Crippen LogP contribution in [0, 0.1) is 6.92 Å². The largest absolute Gasteiger partial charge is 0.494 e. The number of benzene rings is 1. The number of likely N-dealkylation sites (N-methyl/N-ethyl adjacent to an activating group) is 1. The number of ether oxygens (including phenoxy) is 2. The van der Waals surface area contributed by atoms with Gasteiger partial charge >= 0.3 is 0 Å². The van der Waals surface area contributed by atoms with Crippen LogP contribution in [0.5, 0.6) is 5.75 Å². The van der Waals surface area contributed by atoms with Crippen LogP contribution in [0.4, 0.5) is 0 Å². The molecule has 1 N–H and O–H groups in total. The number of nitrogens with one attached hydrogen (secondary N) is 1. The van der Waals surface area contributed by atoms with Gasteiger partial charge in [-0.05, 0) is 50.5 Å². The van der Waals surface area contributed by atoms with E-state index in [9.17, 15) is 13.2 Å². The highest BCUT2D eigenvalue weighted by Gasteiger charge is 2.24. The van der Waals surface area contributed by atoms with Crippen molar-refractivity contribution in [3.8, 4) is 5.75 Å². The molecule has 0 bridgehead atoms. The summed E-state index contributed by atoms with van der Waals surface area (Å²) in [4.78, 5) is 12.1. The predicted octanol–water partition coefficient (Wildman–Crippen LogP) is 1.31. The SMILES string of the molecule is CCOc1ccc(S(=O)(=O)N(C)CC(=O)NC[C@H]2CCCO2)cc1C. The number of nitrogens with zero attached hydrogens (tertiary/aromatic N) is 1. The summed E-state index contributed by atoms with van der Waals surface area (Å²) in [5.41, 5.74) is 0.735. The molecule has 1 aliphatic rings. The van der Waals surface area contributed by atoms with E-state index < -0.39 is 10.0 Å². The van der Waals surface area contributed by atoms with E-state index in [2.05, 4.69) is 5.32 Å². The first kappa shape index (κ1) is 19.7. The van der Waals surface area contributed by atoms with Gasteiger partial charge in [-0.3, -0.25) is 4.79 Å². The molecule has 1 aromatic rings. The number of hydrogen-bond acceptors (Lipinski definition) is 5. The molecule has 0 saturated carbocycles. The van der Waals surface area contributed by atoms with Crippen LogP contribution in [0.25, 0.3) is 0 Å². The van der Waals surface area contributed by atoms with Crippen molar-refractivity contribution in [3.05, 3.63) is 23.8 Å². The maximum atomic E-state index is 12.6. The van der Waals surface area contributed by atoms with E-state index in [4.69, 9.17) is 9.47 Å². The molecule has 0 aromatic heterocycles. The topological polar surface area (TPSA) is 84.9 Å². The fourth-order valence-corrected chi connectivity index (χ4v) is 3.87. The fraction of sp³-hybridized carbons (Fsp3) is 0.588. The lowest BCUT2D eigenvalue weighted by Crippen LogP contribution is -2.40. The first-order chi connectivity index (χ1) is 11.8. The summed E-state index contributed by atoms with van der Waals surface area (Å²) in [5.74, 6) is 0.308. The Morgan fingerprint density at radius 2 is 2.20 bits per heavy atom. The molecule has 25 heavy (non-hydrogen) atoms. The van der Waals surface area contributed by atoms with Gasteiger partial charge in [-0.25, -0.2) is 8.42 Å². The molecule has 1 aromatic carbocycles. The predicted molar refractivity (Wildman–Crippen MR) is 94.1 cm³/mol. The molecule has 1 amide bonds. The van der Waals surface area contributed by atoms with Crippen molar-refractivity contribution < 1.29 is 22.7 Å². The number of carbonyl (C=O) groups is 1. The summed E-state index contributed by atoms with van der Waals surface area (Å²) in [6.45, 7) is 5.06. The molecule has 0 spiro atoms. The maximum Gasteiger partial charge on any atom is 0.243 e. The number of hydrogen-bond donors (Lipinski definition) is 1. The summed E-state index contributed by atoms with van der Waals surface area (Å²) >= 11 is 0. The Morgan fingerprint density at radius 1 is 1.44 bits per heavy atom. The van der Waals surface area contributed by atoms with E-state index in [0.717, 1.165) is 22.7 Å². The number of amides is 1. The zero-order valence-electron chi connectivity index (χ0n) is 14.9. The summed E-state index contributed by atoms with van der Waals surface area (Å²) in [6.07, 6.45) is 1.94. The van der Waals surface area contributed by atoms with E-state index in [1.165, 1.54) is 13.1 Å². The van der Waals surface area contributed by atoms with Crippen molar-refractivity contribution in [2.75, 3.05) is 33.4 Å². The second-order valence-corrected chi connectivity index (χ2v) is 8.11. The maximum absolute atomic E-state index is 12.6. The normalized spacial score (nSPS) is 17.7. The minimum absolute atomic E-state index is 0.0274. The smallest absolute Gasteiger partial charge is 0.243 e. The molecule has 0 unspecified atom stereocenters. The quantitative estimate of drug-likeness (QED) is 0.746. The molecule has 1 heterocycles. The van der Waals surface area contributed by atoms with Gasteiger partial charge in [0.1, 0.15) is 5.75 Å². The van der Waals surface area contributed by atoms with Crippen molar-refractivity contribution >= 4 is 15.9 Å². The third-order valence-corrected chi connectivity index (χ3v) is 5.87. The zero-order valence-corrected chi connectivity index (χ0v) is 15.8. The molecule has 1 aliphatic heterocycles. The van der Waals surface area contributed by atoms with E-state index >= 15 is 0 Å². The molecule has 1 atom stereocenters. The Hall–Kier alpha value is -1.64. The standard InChI is InChI=1S/C17H26N2O5S/c1-4-23-16-8-7-15(10-13(16)2)25(21,22)19(3)12-17(20)18-11-14-6-5-9-24-14/h7-8,10,14H,4-6,9,11-12H2,1-3H3,(H,18,20)/t14-/m1/s1. The summed E-state index contributed by atoms with van der Waals surface area (Å²) in [7, 11) is -2.34. The third-order valence-electron chi connectivity index (χ3n) is 4.07. The highest BCUT2D eigenvalue weighted by Crippen LogP contribution is 2.23. The Morgan fingerprint density at radius 3 is 2.80 bits per heavy atom. The van der Waals surface area contributed by atoms with Gasteiger partial charge in [0.25, 0.3) is 0 Å². The van der Waals surface area contributed by atoms with Gasteiger partial charge in [-0.15, -0.1) is 0 Å². The summed E-state index contributed by atoms with van der Waals surface area (Å²) in [6, 6.07) is 4.69. The second kappa shape index (κ2) is 8.64. The Balaban J connectivity index is 1.97. The molecule has 2 rings (SSSR count). The molecule has 0 aliphatic carbocycles. The average molecular weight is 370 g/mol. The number of carbonyl (C=O) groups excluding carboxylic acids is 1. The van der Waals surface area contributed by atoms with Gasteiger partial charge in [0, 0.05) is 20.2 Å². The molecular weight excluding hydrogens is 344 g/mol. The lowest BCUT2D eigenvalue weighted by Gasteiger charge is -2.18. The van der Waals surface area contributed by atoms with Gasteiger partial charge in [0.2, 0.25) is 15.9 Å². The molecule has 140 valence electrons. The van der Waals surface area contributed by atoms with Gasteiger partial charge in [0.05, 0.1) is 24.2 Å². The molecule has 8 heteroatoms. The highest BCUT2D eigenvalue weighted by molar-refractivity contribution is 7.89. The Labute approximate surface area is 149 Å². The van der Waals surface area contributed by atoms with Gasteiger partial charge in [0.15, 0.2) is 0 Å². The van der Waals surface area contributed by atoms with Crippen molar-refractivity contribution in [3.63, 3.8) is 0 Å². The van der Waals surface area contributed by atoms with Gasteiger partial charge < -0.3 is 14.8 Å². The van der Waals surface area contributed by atoms with Crippen LogP contribution in [0.1, 0.15) is 25.3 Å². The monoisotopic (exact) mass is 370 g/mol. The first-order valence-electron chi connectivity index (χ1n) is 8.42. The minimum Gasteiger partial charge on any atom is -0.494 e. The molecule has 1 saturated heterocycles. The zero-order chi connectivity index (χ0) is 18.4. The minimum atomic E-state index is -3.74. The summed E-state index contributed by atoms with van der Waals surface area (Å²) in [5, 5.41) is 2.73. The first-order valence-corrected chi connectivity index (χ1v) is 9.86. The lowest BCUT2D eigenvalue weighted by atomic mass is 10.2. The van der Waals surface area contributed by atoms with E-state index in [1.54, 1.807) is 19.1 Å². The van der Waals surface area contributed by atoms with Gasteiger partial charge in [-0.1, -0.05) is 0 Å². The fourth-order valence-electron chi connectivity index (χ4n) is 2.66. The van der Waals surface area contributed by atoms with E-state index in [1.807, 2.05) is 6.92 Å². The third kappa shape index (κ3) is 5.17. The van der Waals surface area contributed by atoms with E-state index in [0.29, 0.717) is 25.5 Å². The summed E-state index contributed by atoms with van der Waals surface area (Å²) < 4.78 is 37.2. The molecule has 7 nitrogen and oxygen atoms in total. The van der Waals surface area contributed by atoms with Crippen LogP contribution < -0.4 is 10.1 Å². The molecular formula is C17H26N2O5S. The Bertz CT molecular complexity index is 699. The van der Waals surface area contributed by atoms with Crippen LogP contribution in [0.2, 0.25) is 0 Å². The van der Waals surface area contributed by atoms with Crippen molar-refractivity contribution in [1.82, 2.24) is 9.62 Å². The molecule has 1 fully saturated rings.